The van der Waals surface area contributed by atoms with Gasteiger partial charge in [-0.2, -0.15) is 0 Å². The number of imidazole rings is 1. The van der Waals surface area contributed by atoms with E-state index in [0.717, 1.165) is 29.6 Å². The number of fused-ring (bicyclic) bond motifs is 1. The van der Waals surface area contributed by atoms with Gasteiger partial charge in [0.25, 0.3) is 0 Å². The molecule has 2 aromatic heterocycles. The molecule has 2 N–H and O–H groups in total. The third kappa shape index (κ3) is 4.78. The summed E-state index contributed by atoms with van der Waals surface area (Å²) in [5, 5.41) is 6.33. The largest absolute Gasteiger partial charge is 0.338 e. The second kappa shape index (κ2) is 8.83. The lowest BCUT2D eigenvalue weighted by molar-refractivity contribution is 0.252. The van der Waals surface area contributed by atoms with Crippen LogP contribution in [0.2, 0.25) is 0 Å². The minimum Gasteiger partial charge on any atom is -0.338 e. The van der Waals surface area contributed by atoms with Crippen molar-refractivity contribution in [1.82, 2.24) is 19.9 Å². The van der Waals surface area contributed by atoms with E-state index in [1.54, 1.807) is 18.6 Å². The highest BCUT2D eigenvalue weighted by Crippen LogP contribution is 2.35. The summed E-state index contributed by atoms with van der Waals surface area (Å²) in [4.78, 5) is 20.9. The van der Waals surface area contributed by atoms with Gasteiger partial charge in [0.1, 0.15) is 10.8 Å². The average Bonchev–Trinajstić information content (AvgIpc) is 3.38. The van der Waals surface area contributed by atoms with Crippen molar-refractivity contribution in [3.8, 4) is 10.6 Å². The number of hydrogen-bond acceptors (Lipinski definition) is 4. The van der Waals surface area contributed by atoms with Crippen LogP contribution in [0.15, 0.2) is 61.2 Å². The predicted molar refractivity (Wildman–Crippen MR) is 113 cm³/mol. The molecule has 0 radical (unpaired) electrons. The number of carbonyl (C=O) groups excluding carboxylic acids is 1. The summed E-state index contributed by atoms with van der Waals surface area (Å²) >= 11 is 1.47. The highest BCUT2D eigenvalue weighted by molar-refractivity contribution is 7.21. The zero-order chi connectivity index (χ0) is 20.1. The zero-order valence-corrected chi connectivity index (χ0v) is 16.5. The summed E-state index contributed by atoms with van der Waals surface area (Å²) < 4.78 is 16.9. The molecule has 0 bridgehead atoms. The van der Waals surface area contributed by atoms with E-state index < -0.39 is 0 Å². The van der Waals surface area contributed by atoms with Gasteiger partial charge < -0.3 is 15.2 Å². The normalized spacial score (nSPS) is 10.9. The first-order chi connectivity index (χ1) is 14.2. The Hall–Kier alpha value is -3.26. The first-order valence-corrected chi connectivity index (χ1v) is 10.2. The Bertz CT molecular complexity index is 1080. The molecule has 2 amide bonds. The number of aryl methyl sites for hydroxylation is 1. The van der Waals surface area contributed by atoms with Crippen molar-refractivity contribution >= 4 is 33.3 Å². The Labute approximate surface area is 171 Å². The first-order valence-electron chi connectivity index (χ1n) is 9.35. The van der Waals surface area contributed by atoms with Crippen LogP contribution in [0.25, 0.3) is 20.8 Å². The number of amides is 2. The molecule has 0 aliphatic rings. The summed E-state index contributed by atoms with van der Waals surface area (Å²) in [6.45, 7) is 1.42. The van der Waals surface area contributed by atoms with Gasteiger partial charge in [-0.1, -0.05) is 12.1 Å². The van der Waals surface area contributed by atoms with Gasteiger partial charge in [0, 0.05) is 31.0 Å². The molecule has 0 unspecified atom stereocenters. The first kappa shape index (κ1) is 19.1. The van der Waals surface area contributed by atoms with Gasteiger partial charge >= 0.3 is 6.03 Å². The van der Waals surface area contributed by atoms with Crippen molar-refractivity contribution in [3.05, 3.63) is 67.0 Å². The van der Waals surface area contributed by atoms with Crippen LogP contribution in [0, 0.1) is 5.82 Å². The molecular weight excluding hydrogens is 389 g/mol. The molecule has 6 nitrogen and oxygen atoms in total. The summed E-state index contributed by atoms with van der Waals surface area (Å²) in [6.07, 6.45) is 7.22. The van der Waals surface area contributed by atoms with Gasteiger partial charge in [0.05, 0.1) is 22.2 Å². The maximum atomic E-state index is 13.9. The van der Waals surface area contributed by atoms with Crippen molar-refractivity contribution < 1.29 is 9.18 Å². The smallest absolute Gasteiger partial charge is 0.319 e. The molecule has 0 fully saturated rings. The Morgan fingerprint density at radius 1 is 1.17 bits per heavy atom. The molecular formula is C21H20FN5OS. The van der Waals surface area contributed by atoms with E-state index in [1.165, 1.54) is 23.5 Å². The molecule has 148 valence electrons. The number of nitrogens with one attached hydrogen (secondary N) is 2. The number of benzene rings is 2. The SMILES string of the molecule is O=C(NCCCCn1ccnc1)Nc1ccc(F)cc1-c1nc2ccccc2s1. The van der Waals surface area contributed by atoms with E-state index in [-0.39, 0.29) is 11.8 Å². The summed E-state index contributed by atoms with van der Waals surface area (Å²) in [5.74, 6) is -0.371. The molecule has 29 heavy (non-hydrogen) atoms. The highest BCUT2D eigenvalue weighted by Gasteiger charge is 2.13. The van der Waals surface area contributed by atoms with Gasteiger partial charge in [0.2, 0.25) is 0 Å². The highest BCUT2D eigenvalue weighted by atomic mass is 32.1. The van der Waals surface area contributed by atoms with Crippen LogP contribution in [0.5, 0.6) is 0 Å². The monoisotopic (exact) mass is 409 g/mol. The van der Waals surface area contributed by atoms with Crippen molar-refractivity contribution in [2.75, 3.05) is 11.9 Å². The van der Waals surface area contributed by atoms with Crippen LogP contribution < -0.4 is 10.6 Å². The summed E-state index contributed by atoms with van der Waals surface area (Å²) in [7, 11) is 0. The molecule has 2 aromatic carbocycles. The quantitative estimate of drug-likeness (QED) is 0.427. The van der Waals surface area contributed by atoms with Gasteiger partial charge in [0.15, 0.2) is 0 Å². The van der Waals surface area contributed by atoms with E-state index >= 15 is 0 Å². The number of urea groups is 1. The molecule has 8 heteroatoms. The summed E-state index contributed by atoms with van der Waals surface area (Å²) in [6, 6.07) is 11.7. The second-order valence-electron chi connectivity index (χ2n) is 6.57. The molecule has 4 rings (SSSR count). The molecule has 0 saturated carbocycles. The third-order valence-corrected chi connectivity index (χ3v) is 5.51. The standard InChI is InChI=1S/C21H20FN5OS/c22-15-7-8-17(16(13-15)20-25-18-5-1-2-6-19(18)29-20)26-21(28)24-9-3-4-11-27-12-10-23-14-27/h1-2,5-8,10,12-14H,3-4,9,11H2,(H2,24,26,28). The molecule has 4 aromatic rings. The van der Waals surface area contributed by atoms with E-state index in [0.29, 0.717) is 22.8 Å². The Balaban J connectivity index is 1.38. The van der Waals surface area contributed by atoms with Crippen LogP contribution in [0.1, 0.15) is 12.8 Å². The number of carbonyl (C=O) groups is 1. The number of thiazole rings is 1. The Morgan fingerprint density at radius 3 is 2.90 bits per heavy atom. The number of hydrogen-bond donors (Lipinski definition) is 2. The van der Waals surface area contributed by atoms with Crippen LogP contribution >= 0.6 is 11.3 Å². The lowest BCUT2D eigenvalue weighted by atomic mass is 10.2. The van der Waals surface area contributed by atoms with Crippen molar-refractivity contribution in [2.45, 2.75) is 19.4 Å². The number of unbranched alkanes of at least 4 members (excludes halogenated alkanes) is 1. The number of anilines is 1. The fourth-order valence-electron chi connectivity index (χ4n) is 3.00. The van der Waals surface area contributed by atoms with Crippen LogP contribution in [0.3, 0.4) is 0 Å². The summed E-state index contributed by atoms with van der Waals surface area (Å²) in [5.41, 5.74) is 1.95. The lowest BCUT2D eigenvalue weighted by Crippen LogP contribution is -2.29. The van der Waals surface area contributed by atoms with Crippen molar-refractivity contribution in [2.24, 2.45) is 0 Å². The van der Waals surface area contributed by atoms with Crippen molar-refractivity contribution in [1.29, 1.82) is 0 Å². The predicted octanol–water partition coefficient (Wildman–Crippen LogP) is 4.90. The van der Waals surface area contributed by atoms with Gasteiger partial charge in [-0.05, 0) is 43.2 Å². The zero-order valence-electron chi connectivity index (χ0n) is 15.6. The van der Waals surface area contributed by atoms with E-state index in [2.05, 4.69) is 20.6 Å². The van der Waals surface area contributed by atoms with Crippen LogP contribution in [-0.4, -0.2) is 27.1 Å². The van der Waals surface area contributed by atoms with Gasteiger partial charge in [-0.25, -0.2) is 19.2 Å². The number of aromatic nitrogens is 3. The van der Waals surface area contributed by atoms with E-state index in [1.807, 2.05) is 35.0 Å². The second-order valence-corrected chi connectivity index (χ2v) is 7.60. The van der Waals surface area contributed by atoms with Crippen LogP contribution in [-0.2, 0) is 6.54 Å². The number of nitrogens with zero attached hydrogens (tertiary/aromatic N) is 3. The number of halogens is 1. The number of para-hydroxylation sites is 1. The van der Waals surface area contributed by atoms with Crippen molar-refractivity contribution in [3.63, 3.8) is 0 Å². The van der Waals surface area contributed by atoms with E-state index in [4.69, 9.17) is 0 Å². The molecule has 0 aliphatic heterocycles. The van der Waals surface area contributed by atoms with Gasteiger partial charge in [-0.15, -0.1) is 11.3 Å². The third-order valence-electron chi connectivity index (χ3n) is 4.44. The molecule has 0 atom stereocenters. The fraction of sp³-hybridized carbons (Fsp3) is 0.190. The van der Waals surface area contributed by atoms with Gasteiger partial charge in [-0.3, -0.25) is 0 Å². The fourth-order valence-corrected chi connectivity index (χ4v) is 3.99. The number of rotatable bonds is 7. The molecule has 0 spiro atoms. The topological polar surface area (TPSA) is 71.8 Å². The minimum absolute atomic E-state index is 0.318. The average molecular weight is 409 g/mol. The Morgan fingerprint density at radius 2 is 2.07 bits per heavy atom. The Kier molecular flexibility index (Phi) is 5.81. The molecule has 0 aliphatic carbocycles. The minimum atomic E-state index is -0.371. The lowest BCUT2D eigenvalue weighted by Gasteiger charge is -2.11. The van der Waals surface area contributed by atoms with E-state index in [9.17, 15) is 9.18 Å². The molecule has 2 heterocycles. The van der Waals surface area contributed by atoms with Crippen LogP contribution in [0.4, 0.5) is 14.9 Å². The molecule has 0 saturated heterocycles. The maximum absolute atomic E-state index is 13.9. The maximum Gasteiger partial charge on any atom is 0.319 e.